The summed E-state index contributed by atoms with van der Waals surface area (Å²) in [4.78, 5) is 0. The van der Waals surface area contributed by atoms with E-state index in [0.29, 0.717) is 5.92 Å². The third-order valence-electron chi connectivity index (χ3n) is 2.00. The molecular weight excluding hydrogens is 146 g/mol. The highest BCUT2D eigenvalue weighted by Crippen LogP contribution is 2.11. The van der Waals surface area contributed by atoms with Crippen LogP contribution >= 0.6 is 0 Å². The summed E-state index contributed by atoms with van der Waals surface area (Å²) >= 11 is 0. The van der Waals surface area contributed by atoms with E-state index in [1.165, 1.54) is 12.1 Å². The van der Waals surface area contributed by atoms with Gasteiger partial charge in [0.15, 0.2) is 0 Å². The maximum absolute atomic E-state index is 3.96. The molecule has 0 fully saturated rings. The van der Waals surface area contributed by atoms with Crippen LogP contribution in [-0.4, -0.2) is 0 Å². The van der Waals surface area contributed by atoms with Gasteiger partial charge in [0.25, 0.3) is 0 Å². The van der Waals surface area contributed by atoms with Gasteiger partial charge in [-0.05, 0) is 24.8 Å². The maximum atomic E-state index is 3.96. The Hall–Kier alpha value is -0.980. The number of nitrogens with one attached hydrogen (secondary N) is 1. The Morgan fingerprint density at radius 2 is 2.25 bits per heavy atom. The molecule has 0 heterocycles. The zero-order valence-electron chi connectivity index (χ0n) is 7.93. The van der Waals surface area contributed by atoms with Gasteiger partial charge in [0.2, 0.25) is 0 Å². The molecule has 0 saturated heterocycles. The second kappa shape index (κ2) is 4.15. The van der Waals surface area contributed by atoms with E-state index in [1.807, 2.05) is 0 Å². The lowest BCUT2D eigenvalue weighted by Gasteiger charge is -2.15. The van der Waals surface area contributed by atoms with Crippen molar-refractivity contribution in [1.82, 2.24) is 5.32 Å². The van der Waals surface area contributed by atoms with Gasteiger partial charge < -0.3 is 5.32 Å². The normalized spacial score (nSPS) is 16.1. The van der Waals surface area contributed by atoms with E-state index in [-0.39, 0.29) is 0 Å². The molecule has 1 nitrogen and oxygen atoms in total. The zero-order valence-corrected chi connectivity index (χ0v) is 7.93. The van der Waals surface area contributed by atoms with E-state index in [9.17, 15) is 0 Å². The summed E-state index contributed by atoms with van der Waals surface area (Å²) in [5, 5.41) is 3.30. The van der Waals surface area contributed by atoms with Gasteiger partial charge >= 0.3 is 0 Å². The summed E-state index contributed by atoms with van der Waals surface area (Å²) in [5.74, 6) is 0.501. The Morgan fingerprint density at radius 1 is 1.50 bits per heavy atom. The molecule has 1 N–H and O–H groups in total. The molecule has 1 aliphatic carbocycles. The fourth-order valence-electron chi connectivity index (χ4n) is 1.04. The SMILES string of the molecule is C=C(NC1=CCCC=C1)C(C)C. The molecule has 1 rings (SSSR count). The molecule has 0 spiro atoms. The molecule has 1 heteroatoms. The van der Waals surface area contributed by atoms with Gasteiger partial charge in [-0.2, -0.15) is 0 Å². The van der Waals surface area contributed by atoms with E-state index < -0.39 is 0 Å². The van der Waals surface area contributed by atoms with Crippen molar-refractivity contribution in [2.75, 3.05) is 0 Å². The number of rotatable bonds is 3. The minimum atomic E-state index is 0.501. The summed E-state index contributed by atoms with van der Waals surface area (Å²) < 4.78 is 0. The minimum absolute atomic E-state index is 0.501. The van der Waals surface area contributed by atoms with Crippen molar-refractivity contribution in [3.8, 4) is 0 Å². The first-order valence-corrected chi connectivity index (χ1v) is 4.52. The molecule has 0 unspecified atom stereocenters. The van der Waals surface area contributed by atoms with Gasteiger partial charge in [0, 0.05) is 11.4 Å². The van der Waals surface area contributed by atoms with Crippen LogP contribution in [0.1, 0.15) is 26.7 Å². The lowest BCUT2D eigenvalue weighted by atomic mass is 10.1. The Balaban J connectivity index is 2.46. The second-order valence-electron chi connectivity index (χ2n) is 3.44. The average Bonchev–Trinajstić information content (AvgIpc) is 2.06. The largest absolute Gasteiger partial charge is 0.359 e. The molecule has 0 aliphatic heterocycles. The monoisotopic (exact) mass is 163 g/mol. The molecule has 0 aromatic heterocycles. The highest BCUT2D eigenvalue weighted by atomic mass is 14.9. The molecule has 0 aromatic rings. The average molecular weight is 163 g/mol. The summed E-state index contributed by atoms with van der Waals surface area (Å²) in [6.07, 6.45) is 8.84. The summed E-state index contributed by atoms with van der Waals surface area (Å²) in [6, 6.07) is 0. The fourth-order valence-corrected chi connectivity index (χ4v) is 1.04. The molecule has 66 valence electrons. The van der Waals surface area contributed by atoms with Gasteiger partial charge in [-0.3, -0.25) is 0 Å². The van der Waals surface area contributed by atoms with Crippen molar-refractivity contribution in [2.24, 2.45) is 5.92 Å². The number of allylic oxidation sites excluding steroid dienone is 4. The van der Waals surface area contributed by atoms with E-state index in [4.69, 9.17) is 0 Å². The quantitative estimate of drug-likeness (QED) is 0.674. The van der Waals surface area contributed by atoms with Crippen molar-refractivity contribution < 1.29 is 0 Å². The van der Waals surface area contributed by atoms with Crippen LogP contribution < -0.4 is 5.32 Å². The third kappa shape index (κ3) is 2.57. The summed E-state index contributed by atoms with van der Waals surface area (Å²) in [6.45, 7) is 8.25. The Labute approximate surface area is 74.9 Å². The predicted octanol–water partition coefficient (Wildman–Crippen LogP) is 2.98. The van der Waals surface area contributed by atoms with Gasteiger partial charge in [-0.25, -0.2) is 0 Å². The first-order valence-electron chi connectivity index (χ1n) is 4.52. The predicted molar refractivity (Wildman–Crippen MR) is 53.6 cm³/mol. The van der Waals surface area contributed by atoms with Crippen molar-refractivity contribution in [2.45, 2.75) is 26.7 Å². The van der Waals surface area contributed by atoms with Crippen molar-refractivity contribution >= 4 is 0 Å². The van der Waals surface area contributed by atoms with E-state index in [0.717, 1.165) is 12.1 Å². The highest BCUT2D eigenvalue weighted by Gasteiger charge is 2.01. The van der Waals surface area contributed by atoms with Gasteiger partial charge in [-0.1, -0.05) is 32.6 Å². The topological polar surface area (TPSA) is 12.0 Å². The molecule has 0 aromatic carbocycles. The zero-order chi connectivity index (χ0) is 8.97. The van der Waals surface area contributed by atoms with Crippen molar-refractivity contribution in [3.63, 3.8) is 0 Å². The van der Waals surface area contributed by atoms with Crippen molar-refractivity contribution in [3.05, 3.63) is 36.2 Å². The Morgan fingerprint density at radius 3 is 2.75 bits per heavy atom. The molecule has 0 radical (unpaired) electrons. The molecular formula is C11H17N. The van der Waals surface area contributed by atoms with Crippen LogP contribution in [0.3, 0.4) is 0 Å². The van der Waals surface area contributed by atoms with Crippen LogP contribution in [0.2, 0.25) is 0 Å². The first-order chi connectivity index (χ1) is 5.70. The Bertz CT molecular complexity index is 221. The van der Waals surface area contributed by atoms with E-state index >= 15 is 0 Å². The maximum Gasteiger partial charge on any atom is 0.0338 e. The standard InChI is InChI=1S/C11H17N/c1-9(2)10(3)12-11-7-5-4-6-8-11/h5,7-9,12H,3-4,6H2,1-2H3. The number of hydrogen-bond acceptors (Lipinski definition) is 1. The van der Waals surface area contributed by atoms with Crippen LogP contribution in [0.15, 0.2) is 36.2 Å². The lowest BCUT2D eigenvalue weighted by molar-refractivity contribution is 0.706. The van der Waals surface area contributed by atoms with Crippen LogP contribution in [0.5, 0.6) is 0 Å². The van der Waals surface area contributed by atoms with E-state index in [2.05, 4.69) is 44.0 Å². The third-order valence-corrected chi connectivity index (χ3v) is 2.00. The van der Waals surface area contributed by atoms with Crippen molar-refractivity contribution in [1.29, 1.82) is 0 Å². The van der Waals surface area contributed by atoms with E-state index in [1.54, 1.807) is 0 Å². The number of hydrogen-bond donors (Lipinski definition) is 1. The van der Waals surface area contributed by atoms with Gasteiger partial charge in [0.05, 0.1) is 0 Å². The molecule has 12 heavy (non-hydrogen) atoms. The molecule has 1 aliphatic rings. The van der Waals surface area contributed by atoms with Crippen LogP contribution in [-0.2, 0) is 0 Å². The summed E-state index contributed by atoms with van der Waals surface area (Å²) in [7, 11) is 0. The second-order valence-corrected chi connectivity index (χ2v) is 3.44. The molecule has 0 atom stereocenters. The van der Waals surface area contributed by atoms with Gasteiger partial charge in [0.1, 0.15) is 0 Å². The highest BCUT2D eigenvalue weighted by molar-refractivity contribution is 5.24. The molecule has 0 saturated carbocycles. The smallest absolute Gasteiger partial charge is 0.0338 e. The van der Waals surface area contributed by atoms with Crippen LogP contribution in [0.4, 0.5) is 0 Å². The lowest BCUT2D eigenvalue weighted by Crippen LogP contribution is -2.15. The van der Waals surface area contributed by atoms with Gasteiger partial charge in [-0.15, -0.1) is 0 Å². The fraction of sp³-hybridized carbons (Fsp3) is 0.455. The molecule has 0 amide bonds. The summed E-state index contributed by atoms with van der Waals surface area (Å²) in [5.41, 5.74) is 2.28. The molecule has 0 bridgehead atoms. The first kappa shape index (κ1) is 9.11. The Kier molecular flexibility index (Phi) is 3.15. The minimum Gasteiger partial charge on any atom is -0.359 e. The van der Waals surface area contributed by atoms with Crippen LogP contribution in [0, 0.1) is 5.92 Å². The van der Waals surface area contributed by atoms with Crippen LogP contribution in [0.25, 0.3) is 0 Å².